The Labute approximate surface area is 120 Å². The van der Waals surface area contributed by atoms with Crippen LogP contribution in [0.25, 0.3) is 11.0 Å². The standard InChI is InChI=1S/C16H23N3O/c1-4-7-16(8-9-17-11-16)15-18-13-10-12(20-3)5-6-14(13)19(15)2/h5-6,10,17H,4,7-9,11H2,1-3H3. The third kappa shape index (κ3) is 1.99. The SMILES string of the molecule is CCCC1(c2nc3cc(OC)ccc3n2C)CCNC1. The van der Waals surface area contributed by atoms with E-state index in [1.807, 2.05) is 12.1 Å². The molecule has 0 aliphatic carbocycles. The van der Waals surface area contributed by atoms with Gasteiger partial charge in [-0.05, 0) is 31.5 Å². The van der Waals surface area contributed by atoms with Gasteiger partial charge in [-0.2, -0.15) is 0 Å². The Morgan fingerprint density at radius 3 is 2.95 bits per heavy atom. The van der Waals surface area contributed by atoms with Crippen molar-refractivity contribution < 1.29 is 4.74 Å². The molecule has 1 unspecified atom stereocenters. The first-order chi connectivity index (χ1) is 9.70. The highest BCUT2D eigenvalue weighted by Gasteiger charge is 2.38. The fourth-order valence-electron chi connectivity index (χ4n) is 3.52. The molecule has 1 saturated heterocycles. The highest BCUT2D eigenvalue weighted by atomic mass is 16.5. The fourth-order valence-corrected chi connectivity index (χ4v) is 3.52. The number of hydrogen-bond acceptors (Lipinski definition) is 3. The van der Waals surface area contributed by atoms with Crippen LogP contribution in [0.3, 0.4) is 0 Å². The Kier molecular flexibility index (Phi) is 3.42. The van der Waals surface area contributed by atoms with Crippen LogP contribution in [0.1, 0.15) is 32.0 Å². The summed E-state index contributed by atoms with van der Waals surface area (Å²) in [5.74, 6) is 2.09. The number of benzene rings is 1. The minimum Gasteiger partial charge on any atom is -0.497 e. The molecule has 3 rings (SSSR count). The average Bonchev–Trinajstić information content (AvgIpc) is 3.05. The minimum absolute atomic E-state index is 0.190. The molecule has 2 aromatic rings. The fraction of sp³-hybridized carbons (Fsp3) is 0.562. The molecule has 4 nitrogen and oxygen atoms in total. The summed E-state index contributed by atoms with van der Waals surface area (Å²) in [7, 11) is 3.83. The maximum absolute atomic E-state index is 5.31. The third-order valence-corrected chi connectivity index (χ3v) is 4.53. The maximum atomic E-state index is 5.31. The van der Waals surface area contributed by atoms with Crippen molar-refractivity contribution in [1.82, 2.24) is 14.9 Å². The quantitative estimate of drug-likeness (QED) is 0.930. The lowest BCUT2D eigenvalue weighted by molar-refractivity contribution is 0.393. The summed E-state index contributed by atoms with van der Waals surface area (Å²) in [6.07, 6.45) is 3.55. The van der Waals surface area contributed by atoms with Crippen LogP contribution >= 0.6 is 0 Å². The number of aromatic nitrogens is 2. The van der Waals surface area contributed by atoms with Gasteiger partial charge >= 0.3 is 0 Å². The number of ether oxygens (including phenoxy) is 1. The zero-order valence-corrected chi connectivity index (χ0v) is 12.6. The van der Waals surface area contributed by atoms with E-state index in [0.29, 0.717) is 0 Å². The van der Waals surface area contributed by atoms with Crippen LogP contribution in [0.15, 0.2) is 18.2 Å². The van der Waals surface area contributed by atoms with Crippen molar-refractivity contribution in [2.45, 2.75) is 31.6 Å². The zero-order valence-electron chi connectivity index (χ0n) is 12.6. The smallest absolute Gasteiger partial charge is 0.121 e. The lowest BCUT2D eigenvalue weighted by Gasteiger charge is -2.27. The second-order valence-electron chi connectivity index (χ2n) is 5.81. The van der Waals surface area contributed by atoms with Crippen LogP contribution < -0.4 is 10.1 Å². The van der Waals surface area contributed by atoms with E-state index >= 15 is 0 Å². The predicted octanol–water partition coefficient (Wildman–Crippen LogP) is 2.61. The van der Waals surface area contributed by atoms with Crippen molar-refractivity contribution in [1.29, 1.82) is 0 Å². The van der Waals surface area contributed by atoms with E-state index in [-0.39, 0.29) is 5.41 Å². The molecule has 1 aromatic carbocycles. The van der Waals surface area contributed by atoms with Crippen molar-refractivity contribution in [3.8, 4) is 5.75 Å². The molecule has 1 aliphatic heterocycles. The number of rotatable bonds is 4. The van der Waals surface area contributed by atoms with Crippen LogP contribution in [-0.2, 0) is 12.5 Å². The van der Waals surface area contributed by atoms with E-state index in [1.165, 1.54) is 30.6 Å². The van der Waals surface area contributed by atoms with Crippen molar-refractivity contribution in [2.24, 2.45) is 7.05 Å². The third-order valence-electron chi connectivity index (χ3n) is 4.53. The Balaban J connectivity index is 2.12. The summed E-state index contributed by atoms with van der Waals surface area (Å²) < 4.78 is 7.57. The summed E-state index contributed by atoms with van der Waals surface area (Å²) in [4.78, 5) is 4.94. The van der Waals surface area contributed by atoms with Crippen LogP contribution in [0.5, 0.6) is 5.75 Å². The Morgan fingerprint density at radius 2 is 2.30 bits per heavy atom. The molecule has 1 fully saturated rings. The molecule has 1 atom stereocenters. The van der Waals surface area contributed by atoms with E-state index in [4.69, 9.17) is 9.72 Å². The molecular weight excluding hydrogens is 250 g/mol. The van der Waals surface area contributed by atoms with Gasteiger partial charge in [-0.1, -0.05) is 13.3 Å². The molecule has 108 valence electrons. The summed E-state index contributed by atoms with van der Waals surface area (Å²) in [5.41, 5.74) is 2.41. The molecular formula is C16H23N3O. The highest BCUT2D eigenvalue weighted by molar-refractivity contribution is 5.78. The molecule has 1 N–H and O–H groups in total. The van der Waals surface area contributed by atoms with Crippen molar-refractivity contribution in [2.75, 3.05) is 20.2 Å². The first kappa shape index (κ1) is 13.4. The number of hydrogen-bond donors (Lipinski definition) is 1. The van der Waals surface area contributed by atoms with Gasteiger partial charge in [-0.15, -0.1) is 0 Å². The molecule has 20 heavy (non-hydrogen) atoms. The number of aryl methyl sites for hydroxylation is 1. The van der Waals surface area contributed by atoms with Gasteiger partial charge < -0.3 is 14.6 Å². The number of methoxy groups -OCH3 is 1. The van der Waals surface area contributed by atoms with Gasteiger partial charge in [0.2, 0.25) is 0 Å². The molecule has 4 heteroatoms. The molecule has 0 bridgehead atoms. The number of nitrogens with one attached hydrogen (secondary N) is 1. The minimum atomic E-state index is 0.190. The average molecular weight is 273 g/mol. The first-order valence-corrected chi connectivity index (χ1v) is 7.42. The zero-order chi connectivity index (χ0) is 14.2. The Bertz CT molecular complexity index is 611. The Morgan fingerprint density at radius 1 is 1.45 bits per heavy atom. The van der Waals surface area contributed by atoms with E-state index in [0.717, 1.165) is 24.4 Å². The molecule has 2 heterocycles. The van der Waals surface area contributed by atoms with Gasteiger partial charge in [0.05, 0.1) is 18.1 Å². The largest absolute Gasteiger partial charge is 0.497 e. The van der Waals surface area contributed by atoms with Crippen LogP contribution in [-0.4, -0.2) is 29.8 Å². The number of nitrogens with zero attached hydrogens (tertiary/aromatic N) is 2. The summed E-state index contributed by atoms with van der Waals surface area (Å²) in [6, 6.07) is 6.14. The highest BCUT2D eigenvalue weighted by Crippen LogP contribution is 2.36. The Hall–Kier alpha value is -1.55. The van der Waals surface area contributed by atoms with E-state index < -0.39 is 0 Å². The lowest BCUT2D eigenvalue weighted by atomic mass is 9.81. The molecule has 0 amide bonds. The molecule has 1 aromatic heterocycles. The molecule has 0 saturated carbocycles. The second kappa shape index (κ2) is 5.09. The lowest BCUT2D eigenvalue weighted by Crippen LogP contribution is -2.32. The summed E-state index contributed by atoms with van der Waals surface area (Å²) in [5, 5.41) is 3.51. The topological polar surface area (TPSA) is 39.1 Å². The van der Waals surface area contributed by atoms with Gasteiger partial charge in [-0.3, -0.25) is 0 Å². The van der Waals surface area contributed by atoms with Gasteiger partial charge in [0.25, 0.3) is 0 Å². The van der Waals surface area contributed by atoms with Crippen molar-refractivity contribution in [3.05, 3.63) is 24.0 Å². The van der Waals surface area contributed by atoms with E-state index in [9.17, 15) is 0 Å². The number of fused-ring (bicyclic) bond motifs is 1. The van der Waals surface area contributed by atoms with Crippen LogP contribution in [0.2, 0.25) is 0 Å². The normalized spacial score (nSPS) is 22.6. The van der Waals surface area contributed by atoms with Crippen LogP contribution in [0.4, 0.5) is 0 Å². The summed E-state index contributed by atoms with van der Waals surface area (Å²) in [6.45, 7) is 4.38. The predicted molar refractivity (Wildman–Crippen MR) is 81.3 cm³/mol. The molecule has 0 spiro atoms. The maximum Gasteiger partial charge on any atom is 0.121 e. The van der Waals surface area contributed by atoms with E-state index in [2.05, 4.69) is 29.9 Å². The summed E-state index contributed by atoms with van der Waals surface area (Å²) >= 11 is 0. The molecule has 0 radical (unpaired) electrons. The van der Waals surface area contributed by atoms with Gasteiger partial charge in [0.1, 0.15) is 11.6 Å². The van der Waals surface area contributed by atoms with Crippen molar-refractivity contribution >= 4 is 11.0 Å². The molecule has 1 aliphatic rings. The number of imidazole rings is 1. The first-order valence-electron chi connectivity index (χ1n) is 7.42. The van der Waals surface area contributed by atoms with Gasteiger partial charge in [0.15, 0.2) is 0 Å². The van der Waals surface area contributed by atoms with Gasteiger partial charge in [0, 0.05) is 25.1 Å². The van der Waals surface area contributed by atoms with E-state index in [1.54, 1.807) is 7.11 Å². The second-order valence-corrected chi connectivity index (χ2v) is 5.81. The van der Waals surface area contributed by atoms with Crippen molar-refractivity contribution in [3.63, 3.8) is 0 Å². The van der Waals surface area contributed by atoms with Gasteiger partial charge in [-0.25, -0.2) is 4.98 Å². The van der Waals surface area contributed by atoms with Crippen LogP contribution in [0, 0.1) is 0 Å². The monoisotopic (exact) mass is 273 g/mol.